The van der Waals surface area contributed by atoms with Gasteiger partial charge in [-0.05, 0) is 53.6 Å². The summed E-state index contributed by atoms with van der Waals surface area (Å²) in [4.78, 5) is 29.9. The molecule has 3 N–H and O–H groups in total. The number of benzene rings is 3. The number of rotatable bonds is 10. The second-order valence-electron chi connectivity index (χ2n) is 8.11. The average molecular weight is 522 g/mol. The van der Waals surface area contributed by atoms with Gasteiger partial charge in [-0.3, -0.25) is 9.59 Å². The van der Waals surface area contributed by atoms with Crippen LogP contribution in [-0.2, 0) is 17.9 Å². The van der Waals surface area contributed by atoms with Crippen LogP contribution in [0.4, 0.5) is 5.13 Å². The van der Waals surface area contributed by atoms with Gasteiger partial charge in [0.05, 0.1) is 12.1 Å². The summed E-state index contributed by atoms with van der Waals surface area (Å²) in [6, 6.07) is 21.8. The Kier molecular flexibility index (Phi) is 8.20. The molecule has 9 heteroatoms. The van der Waals surface area contributed by atoms with Crippen LogP contribution in [0.2, 0.25) is 5.02 Å². The van der Waals surface area contributed by atoms with Gasteiger partial charge in [0.1, 0.15) is 5.75 Å². The number of hydrogen-bond acceptors (Lipinski definition) is 6. The molecule has 0 radical (unpaired) electrons. The van der Waals surface area contributed by atoms with Crippen molar-refractivity contribution in [1.29, 1.82) is 0 Å². The molecule has 0 atom stereocenters. The van der Waals surface area contributed by atoms with Crippen molar-refractivity contribution in [2.45, 2.75) is 19.5 Å². The second kappa shape index (κ2) is 11.7. The van der Waals surface area contributed by atoms with Crippen LogP contribution in [0.3, 0.4) is 0 Å². The number of carboxylic acids is 1. The van der Waals surface area contributed by atoms with E-state index in [4.69, 9.17) is 21.7 Å². The fourth-order valence-electron chi connectivity index (χ4n) is 3.56. The summed E-state index contributed by atoms with van der Waals surface area (Å²) in [5.74, 6) is -1.07. The summed E-state index contributed by atoms with van der Waals surface area (Å²) < 4.78 is 0. The SMILES string of the molecule is O=C(O)CCNC(=O)c1ccc(CN(Cc2ccccc2Cl)c2nc(-c3ccc(O)cc3)cs2)cc1. The van der Waals surface area contributed by atoms with Gasteiger partial charge in [-0.15, -0.1) is 11.3 Å². The molecule has 4 aromatic rings. The van der Waals surface area contributed by atoms with Crippen molar-refractivity contribution in [3.63, 3.8) is 0 Å². The number of phenols is 1. The maximum atomic E-state index is 12.3. The van der Waals surface area contributed by atoms with Gasteiger partial charge in [0.2, 0.25) is 0 Å². The topological polar surface area (TPSA) is 103 Å². The number of aliphatic carboxylic acids is 1. The van der Waals surface area contributed by atoms with Crippen LogP contribution >= 0.6 is 22.9 Å². The Morgan fingerprint density at radius 2 is 1.69 bits per heavy atom. The summed E-state index contributed by atoms with van der Waals surface area (Å²) in [6.07, 6.45) is -0.124. The van der Waals surface area contributed by atoms with Gasteiger partial charge in [-0.1, -0.05) is 41.9 Å². The lowest BCUT2D eigenvalue weighted by molar-refractivity contribution is -0.136. The van der Waals surface area contributed by atoms with E-state index in [0.717, 1.165) is 27.5 Å². The van der Waals surface area contributed by atoms with Gasteiger partial charge in [0, 0.05) is 41.2 Å². The molecule has 4 rings (SSSR count). The minimum absolute atomic E-state index is 0.0783. The number of carboxylic acid groups (broad SMARTS) is 1. The molecule has 0 spiro atoms. The van der Waals surface area contributed by atoms with Gasteiger partial charge in [0.25, 0.3) is 5.91 Å². The third-order valence-corrected chi connectivity index (χ3v) is 6.73. The first-order chi connectivity index (χ1) is 17.4. The second-order valence-corrected chi connectivity index (χ2v) is 9.35. The van der Waals surface area contributed by atoms with E-state index < -0.39 is 5.97 Å². The number of halogens is 1. The van der Waals surface area contributed by atoms with Crippen molar-refractivity contribution in [1.82, 2.24) is 10.3 Å². The minimum Gasteiger partial charge on any atom is -0.508 e. The predicted molar refractivity (Wildman–Crippen MR) is 142 cm³/mol. The van der Waals surface area contributed by atoms with Crippen LogP contribution in [0, 0.1) is 0 Å². The number of carbonyl (C=O) groups is 2. The number of nitrogens with zero attached hydrogens (tertiary/aromatic N) is 2. The Labute approximate surface area is 217 Å². The van der Waals surface area contributed by atoms with E-state index in [0.29, 0.717) is 23.7 Å². The zero-order chi connectivity index (χ0) is 25.5. The molecule has 3 aromatic carbocycles. The zero-order valence-electron chi connectivity index (χ0n) is 19.2. The molecule has 0 aliphatic carbocycles. The highest BCUT2D eigenvalue weighted by Crippen LogP contribution is 2.31. The van der Waals surface area contributed by atoms with E-state index >= 15 is 0 Å². The molecule has 7 nitrogen and oxygen atoms in total. The van der Waals surface area contributed by atoms with Crippen LogP contribution in [0.1, 0.15) is 27.9 Å². The standard InChI is InChI=1S/C27H24ClN3O4S/c28-23-4-2-1-3-21(23)16-31(27-30-24(17-36-27)19-9-11-22(32)12-10-19)15-18-5-7-20(8-6-18)26(35)29-14-13-25(33)34/h1-12,17,32H,13-16H2,(H,29,35)(H,33,34). The predicted octanol–water partition coefficient (Wildman–Crippen LogP) is 5.58. The lowest BCUT2D eigenvalue weighted by Crippen LogP contribution is -2.26. The number of aromatic nitrogens is 1. The molecule has 0 unspecified atom stereocenters. The van der Waals surface area contributed by atoms with Gasteiger partial charge in [-0.25, -0.2) is 4.98 Å². The molecular formula is C27H24ClN3O4S. The quantitative estimate of drug-likeness (QED) is 0.252. The van der Waals surface area contributed by atoms with Crippen molar-refractivity contribution in [3.05, 3.63) is 99.9 Å². The summed E-state index contributed by atoms with van der Waals surface area (Å²) in [5, 5.41) is 24.4. The van der Waals surface area contributed by atoms with Gasteiger partial charge < -0.3 is 20.4 Å². The van der Waals surface area contributed by atoms with Crippen LogP contribution in [0.5, 0.6) is 5.75 Å². The molecule has 184 valence electrons. The fourth-order valence-corrected chi connectivity index (χ4v) is 4.60. The average Bonchev–Trinajstić information content (AvgIpc) is 3.36. The first-order valence-corrected chi connectivity index (χ1v) is 12.5. The Balaban J connectivity index is 1.54. The minimum atomic E-state index is -0.958. The smallest absolute Gasteiger partial charge is 0.305 e. The van der Waals surface area contributed by atoms with E-state index in [1.54, 1.807) is 24.3 Å². The Morgan fingerprint density at radius 3 is 2.39 bits per heavy atom. The maximum Gasteiger partial charge on any atom is 0.305 e. The first kappa shape index (κ1) is 25.2. The molecule has 0 fully saturated rings. The molecule has 1 amide bonds. The van der Waals surface area contributed by atoms with Crippen LogP contribution < -0.4 is 10.2 Å². The zero-order valence-corrected chi connectivity index (χ0v) is 20.8. The van der Waals surface area contributed by atoms with Crippen LogP contribution in [0.15, 0.2) is 78.2 Å². The van der Waals surface area contributed by atoms with Crippen LogP contribution in [-0.4, -0.2) is 33.6 Å². The number of hydrogen-bond donors (Lipinski definition) is 3. The molecule has 0 saturated heterocycles. The molecule has 1 heterocycles. The van der Waals surface area contributed by atoms with E-state index in [1.165, 1.54) is 11.3 Å². The van der Waals surface area contributed by atoms with Crippen molar-refractivity contribution in [2.75, 3.05) is 11.4 Å². The molecule has 0 bridgehead atoms. The van der Waals surface area contributed by atoms with Crippen molar-refractivity contribution in [2.24, 2.45) is 0 Å². The molecule has 0 aliphatic rings. The fraction of sp³-hybridized carbons (Fsp3) is 0.148. The third kappa shape index (κ3) is 6.62. The number of thiazole rings is 1. The number of amides is 1. The Hall–Kier alpha value is -3.88. The monoisotopic (exact) mass is 521 g/mol. The highest BCUT2D eigenvalue weighted by molar-refractivity contribution is 7.14. The van der Waals surface area contributed by atoms with Gasteiger partial charge >= 0.3 is 5.97 Å². The van der Waals surface area contributed by atoms with E-state index in [-0.39, 0.29) is 24.6 Å². The molecule has 1 aromatic heterocycles. The number of carbonyl (C=O) groups excluding carboxylic acids is 1. The lowest BCUT2D eigenvalue weighted by atomic mass is 10.1. The van der Waals surface area contributed by atoms with E-state index in [2.05, 4.69) is 10.2 Å². The summed E-state index contributed by atoms with van der Waals surface area (Å²) in [7, 11) is 0. The number of aromatic hydroxyl groups is 1. The lowest BCUT2D eigenvalue weighted by Gasteiger charge is -2.23. The molecule has 36 heavy (non-hydrogen) atoms. The third-order valence-electron chi connectivity index (χ3n) is 5.46. The number of phenolic OH excluding ortho intramolecular Hbond substituents is 1. The molecular weight excluding hydrogens is 498 g/mol. The van der Waals surface area contributed by atoms with Crippen LogP contribution in [0.25, 0.3) is 11.3 Å². The first-order valence-electron chi connectivity index (χ1n) is 11.2. The van der Waals surface area contributed by atoms with Crippen molar-refractivity contribution >= 4 is 39.9 Å². The Morgan fingerprint density at radius 1 is 0.972 bits per heavy atom. The van der Waals surface area contributed by atoms with Gasteiger partial charge in [-0.2, -0.15) is 0 Å². The summed E-state index contributed by atoms with van der Waals surface area (Å²) in [5.41, 5.74) is 4.13. The molecule has 0 aliphatic heterocycles. The Bertz CT molecular complexity index is 1340. The summed E-state index contributed by atoms with van der Waals surface area (Å²) >= 11 is 7.96. The highest BCUT2D eigenvalue weighted by atomic mass is 35.5. The maximum absolute atomic E-state index is 12.3. The van der Waals surface area contributed by atoms with Crippen molar-refractivity contribution < 1.29 is 19.8 Å². The van der Waals surface area contributed by atoms with Gasteiger partial charge in [0.15, 0.2) is 5.13 Å². The number of anilines is 1. The molecule has 0 saturated carbocycles. The number of nitrogens with one attached hydrogen (secondary N) is 1. The van der Waals surface area contributed by atoms with Crippen molar-refractivity contribution in [3.8, 4) is 17.0 Å². The van der Waals surface area contributed by atoms with E-state index in [1.807, 2.05) is 53.9 Å². The highest BCUT2D eigenvalue weighted by Gasteiger charge is 2.16. The largest absolute Gasteiger partial charge is 0.508 e. The summed E-state index contributed by atoms with van der Waals surface area (Å²) in [6.45, 7) is 1.16. The van der Waals surface area contributed by atoms with E-state index in [9.17, 15) is 14.7 Å². The normalized spacial score (nSPS) is 10.7.